The number of aromatic nitrogens is 3. The SMILES string of the molecule is CCCOc1cncc(C(=O)c2cncn2C)c1. The molecule has 2 aromatic rings. The molecule has 5 nitrogen and oxygen atoms in total. The van der Waals surface area contributed by atoms with Gasteiger partial charge in [-0.15, -0.1) is 0 Å². The molecular formula is C13H15N3O2. The maximum Gasteiger partial charge on any atom is 0.212 e. The standard InChI is InChI=1S/C13H15N3O2/c1-3-4-18-11-5-10(6-14-7-11)13(17)12-8-15-9-16(12)2/h5-9H,3-4H2,1-2H3. The molecule has 0 saturated carbocycles. The van der Waals surface area contributed by atoms with Crippen molar-refractivity contribution < 1.29 is 9.53 Å². The third kappa shape index (κ3) is 2.56. The summed E-state index contributed by atoms with van der Waals surface area (Å²) < 4.78 is 7.14. The number of pyridine rings is 1. The number of hydrogen-bond donors (Lipinski definition) is 0. The summed E-state index contributed by atoms with van der Waals surface area (Å²) in [4.78, 5) is 20.2. The number of carbonyl (C=O) groups excluding carboxylic acids is 1. The monoisotopic (exact) mass is 245 g/mol. The van der Waals surface area contributed by atoms with Crippen molar-refractivity contribution in [2.75, 3.05) is 6.61 Å². The Labute approximate surface area is 105 Å². The van der Waals surface area contributed by atoms with Gasteiger partial charge in [0.2, 0.25) is 5.78 Å². The van der Waals surface area contributed by atoms with Gasteiger partial charge in [0.1, 0.15) is 11.4 Å². The third-order valence-corrected chi connectivity index (χ3v) is 2.50. The highest BCUT2D eigenvalue weighted by Crippen LogP contribution is 2.14. The van der Waals surface area contributed by atoms with E-state index in [0.29, 0.717) is 23.6 Å². The quantitative estimate of drug-likeness (QED) is 0.754. The van der Waals surface area contributed by atoms with E-state index in [-0.39, 0.29) is 5.78 Å². The molecule has 2 rings (SSSR count). The van der Waals surface area contributed by atoms with Gasteiger partial charge in [0.05, 0.1) is 25.3 Å². The van der Waals surface area contributed by atoms with Crippen LogP contribution < -0.4 is 4.74 Å². The third-order valence-electron chi connectivity index (χ3n) is 2.50. The topological polar surface area (TPSA) is 57.0 Å². The van der Waals surface area contributed by atoms with Gasteiger partial charge in [0, 0.05) is 18.8 Å². The van der Waals surface area contributed by atoms with Gasteiger partial charge in [-0.2, -0.15) is 0 Å². The molecular weight excluding hydrogens is 230 g/mol. The molecule has 0 spiro atoms. The molecule has 18 heavy (non-hydrogen) atoms. The minimum Gasteiger partial charge on any atom is -0.492 e. The summed E-state index contributed by atoms with van der Waals surface area (Å²) >= 11 is 0. The van der Waals surface area contributed by atoms with E-state index in [4.69, 9.17) is 4.74 Å². The van der Waals surface area contributed by atoms with E-state index in [2.05, 4.69) is 9.97 Å². The predicted octanol–water partition coefficient (Wildman–Crippen LogP) is 1.83. The van der Waals surface area contributed by atoms with Gasteiger partial charge in [0.25, 0.3) is 0 Å². The molecule has 0 aliphatic rings. The van der Waals surface area contributed by atoms with Crippen molar-refractivity contribution >= 4 is 5.78 Å². The summed E-state index contributed by atoms with van der Waals surface area (Å²) in [5.74, 6) is 0.509. The second-order valence-electron chi connectivity index (χ2n) is 3.98. The van der Waals surface area contributed by atoms with Crippen molar-refractivity contribution in [3.8, 4) is 5.75 Å². The van der Waals surface area contributed by atoms with Crippen molar-refractivity contribution in [1.29, 1.82) is 0 Å². The molecule has 0 N–H and O–H groups in total. The van der Waals surface area contributed by atoms with Crippen LogP contribution in [0, 0.1) is 0 Å². The summed E-state index contributed by atoms with van der Waals surface area (Å²) in [6, 6.07) is 1.71. The number of nitrogens with zero attached hydrogens (tertiary/aromatic N) is 3. The summed E-state index contributed by atoms with van der Waals surface area (Å²) in [5.41, 5.74) is 1.04. The van der Waals surface area contributed by atoms with Gasteiger partial charge < -0.3 is 9.30 Å². The van der Waals surface area contributed by atoms with Crippen LogP contribution >= 0.6 is 0 Å². The minimum absolute atomic E-state index is 0.107. The molecule has 0 atom stereocenters. The molecule has 0 aromatic carbocycles. The Morgan fingerprint density at radius 2 is 2.17 bits per heavy atom. The molecule has 0 radical (unpaired) electrons. The van der Waals surface area contributed by atoms with E-state index in [0.717, 1.165) is 6.42 Å². The Balaban J connectivity index is 2.23. The molecule has 5 heteroatoms. The van der Waals surface area contributed by atoms with Gasteiger partial charge in [0.15, 0.2) is 0 Å². The molecule has 94 valence electrons. The summed E-state index contributed by atoms with van der Waals surface area (Å²) in [6.45, 7) is 2.64. The highest BCUT2D eigenvalue weighted by molar-refractivity contribution is 6.07. The van der Waals surface area contributed by atoms with Crippen molar-refractivity contribution in [1.82, 2.24) is 14.5 Å². The molecule has 0 aliphatic carbocycles. The smallest absolute Gasteiger partial charge is 0.212 e. The Kier molecular flexibility index (Phi) is 3.72. The first-order chi connectivity index (χ1) is 8.72. The van der Waals surface area contributed by atoms with Gasteiger partial charge in [-0.3, -0.25) is 9.78 Å². The molecule has 0 bridgehead atoms. The van der Waals surface area contributed by atoms with Crippen LogP contribution in [0.3, 0.4) is 0 Å². The van der Waals surface area contributed by atoms with E-state index in [1.54, 1.807) is 36.4 Å². The fourth-order valence-electron chi connectivity index (χ4n) is 1.57. The highest BCUT2D eigenvalue weighted by atomic mass is 16.5. The lowest BCUT2D eigenvalue weighted by Crippen LogP contribution is -2.07. The average molecular weight is 245 g/mol. The Morgan fingerprint density at radius 1 is 1.33 bits per heavy atom. The first kappa shape index (κ1) is 12.3. The zero-order chi connectivity index (χ0) is 13.0. The molecule has 0 amide bonds. The Morgan fingerprint density at radius 3 is 2.83 bits per heavy atom. The summed E-state index contributed by atoms with van der Waals surface area (Å²) in [7, 11) is 1.78. The number of aryl methyl sites for hydroxylation is 1. The van der Waals surface area contributed by atoms with Crippen LogP contribution in [0.25, 0.3) is 0 Å². The number of imidazole rings is 1. The van der Waals surface area contributed by atoms with Gasteiger partial charge in [-0.25, -0.2) is 4.98 Å². The van der Waals surface area contributed by atoms with Gasteiger partial charge in [-0.1, -0.05) is 6.92 Å². The van der Waals surface area contributed by atoms with Crippen molar-refractivity contribution in [3.05, 3.63) is 42.2 Å². The molecule has 2 heterocycles. The first-order valence-corrected chi connectivity index (χ1v) is 5.81. The summed E-state index contributed by atoms with van der Waals surface area (Å²) in [5, 5.41) is 0. The van der Waals surface area contributed by atoms with Crippen molar-refractivity contribution in [2.45, 2.75) is 13.3 Å². The molecule has 0 saturated heterocycles. The van der Waals surface area contributed by atoms with E-state index in [9.17, 15) is 4.79 Å². The van der Waals surface area contributed by atoms with Gasteiger partial charge >= 0.3 is 0 Å². The molecule has 0 fully saturated rings. The number of rotatable bonds is 5. The lowest BCUT2D eigenvalue weighted by Gasteiger charge is -2.06. The molecule has 0 unspecified atom stereocenters. The zero-order valence-corrected chi connectivity index (χ0v) is 10.5. The van der Waals surface area contributed by atoms with Crippen LogP contribution in [0.5, 0.6) is 5.75 Å². The fourth-order valence-corrected chi connectivity index (χ4v) is 1.57. The highest BCUT2D eigenvalue weighted by Gasteiger charge is 2.13. The molecule has 2 aromatic heterocycles. The number of hydrogen-bond acceptors (Lipinski definition) is 4. The lowest BCUT2D eigenvalue weighted by molar-refractivity contribution is 0.103. The summed E-state index contributed by atoms with van der Waals surface area (Å²) in [6.07, 6.45) is 7.20. The Bertz CT molecular complexity index is 549. The number of ketones is 1. The predicted molar refractivity (Wildman–Crippen MR) is 66.7 cm³/mol. The van der Waals surface area contributed by atoms with E-state index >= 15 is 0 Å². The van der Waals surface area contributed by atoms with Crippen LogP contribution in [0.2, 0.25) is 0 Å². The maximum absolute atomic E-state index is 12.2. The van der Waals surface area contributed by atoms with E-state index in [1.807, 2.05) is 6.92 Å². The first-order valence-electron chi connectivity index (χ1n) is 5.81. The van der Waals surface area contributed by atoms with E-state index in [1.165, 1.54) is 6.20 Å². The maximum atomic E-state index is 12.2. The number of ether oxygens (including phenoxy) is 1. The Hall–Kier alpha value is -2.17. The second-order valence-corrected chi connectivity index (χ2v) is 3.98. The second kappa shape index (κ2) is 5.44. The van der Waals surface area contributed by atoms with Crippen LogP contribution in [-0.2, 0) is 7.05 Å². The fraction of sp³-hybridized carbons (Fsp3) is 0.308. The van der Waals surface area contributed by atoms with Gasteiger partial charge in [-0.05, 0) is 12.5 Å². The van der Waals surface area contributed by atoms with Crippen molar-refractivity contribution in [3.63, 3.8) is 0 Å². The zero-order valence-electron chi connectivity index (χ0n) is 10.5. The van der Waals surface area contributed by atoms with Crippen LogP contribution in [0.15, 0.2) is 31.0 Å². The lowest BCUT2D eigenvalue weighted by atomic mass is 10.1. The number of carbonyl (C=O) groups is 1. The largest absolute Gasteiger partial charge is 0.492 e. The normalized spacial score (nSPS) is 10.3. The van der Waals surface area contributed by atoms with Crippen LogP contribution in [0.4, 0.5) is 0 Å². The minimum atomic E-state index is -0.107. The van der Waals surface area contributed by atoms with Crippen LogP contribution in [-0.4, -0.2) is 26.9 Å². The van der Waals surface area contributed by atoms with E-state index < -0.39 is 0 Å². The van der Waals surface area contributed by atoms with Crippen LogP contribution in [0.1, 0.15) is 29.4 Å². The molecule has 0 aliphatic heterocycles. The van der Waals surface area contributed by atoms with Crippen molar-refractivity contribution in [2.24, 2.45) is 7.05 Å². The average Bonchev–Trinajstić information content (AvgIpc) is 2.82.